The van der Waals surface area contributed by atoms with Crippen LogP contribution in [-0.4, -0.2) is 7.11 Å². The predicted octanol–water partition coefficient (Wildman–Crippen LogP) is 6.14. The van der Waals surface area contributed by atoms with Gasteiger partial charge in [0.15, 0.2) is 0 Å². The van der Waals surface area contributed by atoms with Crippen molar-refractivity contribution in [2.75, 3.05) is 7.11 Å². The molecule has 0 fully saturated rings. The monoisotopic (exact) mass is 378 g/mol. The average Bonchev–Trinajstić information content (AvgIpc) is 2.37. The molecule has 0 aliphatic heterocycles. The summed E-state index contributed by atoms with van der Waals surface area (Å²) in [7, 11) is 1.60. The Kier molecular flexibility index (Phi) is 5.02. The van der Waals surface area contributed by atoms with E-state index < -0.39 is 0 Å². The summed E-state index contributed by atoms with van der Waals surface area (Å²) >= 11 is 22.0. The van der Waals surface area contributed by atoms with Crippen LogP contribution in [0.25, 0.3) is 0 Å². The van der Waals surface area contributed by atoms with Crippen molar-refractivity contribution < 1.29 is 4.74 Å². The predicted molar refractivity (Wildman–Crippen MR) is 85.2 cm³/mol. The summed E-state index contributed by atoms with van der Waals surface area (Å²) in [6.07, 6.45) is 0. The molecule has 2 aromatic rings. The molecule has 1 atom stereocenters. The Morgan fingerprint density at radius 1 is 0.947 bits per heavy atom. The van der Waals surface area contributed by atoms with Gasteiger partial charge < -0.3 is 4.74 Å². The van der Waals surface area contributed by atoms with Gasteiger partial charge in [0.2, 0.25) is 0 Å². The molecule has 0 aromatic heterocycles. The Morgan fingerprint density at radius 2 is 1.53 bits per heavy atom. The zero-order valence-electron chi connectivity index (χ0n) is 9.96. The minimum Gasteiger partial charge on any atom is -0.497 e. The lowest BCUT2D eigenvalue weighted by atomic mass is 10.0. The first kappa shape index (κ1) is 15.0. The lowest BCUT2D eigenvalue weighted by molar-refractivity contribution is 0.414. The summed E-state index contributed by atoms with van der Waals surface area (Å²) in [4.78, 5) is -0.101. The standard InChI is InChI=1S/C14H10BrCl3O/c1-19-9-3-5-11(13(18)7-9)14(15)10-4-2-8(16)6-12(10)17/h2-7,14H,1H3. The smallest absolute Gasteiger partial charge is 0.120 e. The average molecular weight is 380 g/mol. The molecule has 19 heavy (non-hydrogen) atoms. The van der Waals surface area contributed by atoms with E-state index in [0.29, 0.717) is 15.1 Å². The molecule has 0 radical (unpaired) electrons. The summed E-state index contributed by atoms with van der Waals surface area (Å²) in [5.74, 6) is 0.718. The van der Waals surface area contributed by atoms with E-state index in [-0.39, 0.29) is 4.83 Å². The fourth-order valence-electron chi connectivity index (χ4n) is 1.71. The number of halogens is 4. The van der Waals surface area contributed by atoms with Gasteiger partial charge in [-0.1, -0.05) is 62.9 Å². The van der Waals surface area contributed by atoms with Crippen LogP contribution in [0.1, 0.15) is 16.0 Å². The minimum atomic E-state index is -0.101. The van der Waals surface area contributed by atoms with Crippen molar-refractivity contribution in [3.8, 4) is 5.75 Å². The van der Waals surface area contributed by atoms with E-state index in [1.54, 1.807) is 25.3 Å². The molecule has 0 saturated carbocycles. The third-order valence-corrected chi connectivity index (χ3v) is 4.59. The first-order valence-corrected chi connectivity index (χ1v) is 7.50. The maximum Gasteiger partial charge on any atom is 0.120 e. The van der Waals surface area contributed by atoms with Crippen molar-refractivity contribution in [2.24, 2.45) is 0 Å². The maximum absolute atomic E-state index is 6.26. The number of hydrogen-bond donors (Lipinski definition) is 0. The van der Waals surface area contributed by atoms with Gasteiger partial charge in [-0.25, -0.2) is 0 Å². The Morgan fingerprint density at radius 3 is 2.05 bits per heavy atom. The highest BCUT2D eigenvalue weighted by Gasteiger charge is 2.17. The van der Waals surface area contributed by atoms with Crippen LogP contribution in [-0.2, 0) is 0 Å². The number of ether oxygens (including phenoxy) is 1. The van der Waals surface area contributed by atoms with E-state index >= 15 is 0 Å². The van der Waals surface area contributed by atoms with Crippen LogP contribution in [0.4, 0.5) is 0 Å². The van der Waals surface area contributed by atoms with Crippen LogP contribution < -0.4 is 4.74 Å². The van der Waals surface area contributed by atoms with E-state index in [4.69, 9.17) is 39.5 Å². The fourth-order valence-corrected chi connectivity index (χ4v) is 3.57. The molecule has 0 aliphatic carbocycles. The number of hydrogen-bond acceptors (Lipinski definition) is 1. The van der Waals surface area contributed by atoms with E-state index in [2.05, 4.69) is 15.9 Å². The van der Waals surface area contributed by atoms with Gasteiger partial charge in [0.05, 0.1) is 11.9 Å². The number of alkyl halides is 1. The van der Waals surface area contributed by atoms with Crippen LogP contribution in [0, 0.1) is 0 Å². The van der Waals surface area contributed by atoms with E-state index in [9.17, 15) is 0 Å². The third kappa shape index (κ3) is 3.38. The largest absolute Gasteiger partial charge is 0.497 e. The lowest BCUT2D eigenvalue weighted by Crippen LogP contribution is -1.95. The van der Waals surface area contributed by atoms with Gasteiger partial charge in [-0.3, -0.25) is 0 Å². The summed E-state index contributed by atoms with van der Waals surface area (Å²) < 4.78 is 5.13. The highest BCUT2D eigenvalue weighted by Crippen LogP contribution is 2.40. The molecule has 2 aromatic carbocycles. The molecule has 1 nitrogen and oxygen atoms in total. The zero-order chi connectivity index (χ0) is 14.0. The molecule has 1 unspecified atom stereocenters. The Hall–Kier alpha value is -0.410. The molecule has 2 rings (SSSR count). The van der Waals surface area contributed by atoms with Crippen molar-refractivity contribution in [1.82, 2.24) is 0 Å². The SMILES string of the molecule is COc1ccc(C(Br)c2ccc(Cl)cc2Cl)c(Cl)c1. The molecule has 100 valence electrons. The molecule has 0 aliphatic rings. The van der Waals surface area contributed by atoms with Gasteiger partial charge in [0, 0.05) is 15.1 Å². The van der Waals surface area contributed by atoms with Gasteiger partial charge in [-0.15, -0.1) is 0 Å². The quantitative estimate of drug-likeness (QED) is 0.581. The van der Waals surface area contributed by atoms with E-state index in [0.717, 1.165) is 16.9 Å². The topological polar surface area (TPSA) is 9.23 Å². The molecule has 0 bridgehead atoms. The zero-order valence-corrected chi connectivity index (χ0v) is 13.8. The van der Waals surface area contributed by atoms with Gasteiger partial charge in [0.25, 0.3) is 0 Å². The van der Waals surface area contributed by atoms with Crippen molar-refractivity contribution in [3.63, 3.8) is 0 Å². The highest BCUT2D eigenvalue weighted by molar-refractivity contribution is 9.09. The fraction of sp³-hybridized carbons (Fsp3) is 0.143. The normalized spacial score (nSPS) is 12.3. The van der Waals surface area contributed by atoms with Crippen LogP contribution in [0.15, 0.2) is 36.4 Å². The minimum absolute atomic E-state index is 0.101. The van der Waals surface area contributed by atoms with E-state index in [1.807, 2.05) is 18.2 Å². The first-order valence-electron chi connectivity index (χ1n) is 5.45. The van der Waals surface area contributed by atoms with Crippen molar-refractivity contribution in [2.45, 2.75) is 4.83 Å². The highest BCUT2D eigenvalue weighted by atomic mass is 79.9. The number of methoxy groups -OCH3 is 1. The second kappa shape index (κ2) is 6.36. The second-order valence-electron chi connectivity index (χ2n) is 3.92. The van der Waals surface area contributed by atoms with Crippen LogP contribution in [0.5, 0.6) is 5.75 Å². The molecular weight excluding hydrogens is 370 g/mol. The van der Waals surface area contributed by atoms with Crippen LogP contribution in [0.2, 0.25) is 15.1 Å². The first-order chi connectivity index (χ1) is 9.02. The molecule has 0 amide bonds. The third-order valence-electron chi connectivity index (χ3n) is 2.72. The summed E-state index contributed by atoms with van der Waals surface area (Å²) in [6.45, 7) is 0. The number of benzene rings is 2. The summed E-state index contributed by atoms with van der Waals surface area (Å²) in [5.41, 5.74) is 1.84. The lowest BCUT2D eigenvalue weighted by Gasteiger charge is -2.15. The molecule has 0 saturated heterocycles. The molecular formula is C14H10BrCl3O. The van der Waals surface area contributed by atoms with Gasteiger partial charge in [-0.2, -0.15) is 0 Å². The Bertz CT molecular complexity index is 601. The van der Waals surface area contributed by atoms with Crippen LogP contribution >= 0.6 is 50.7 Å². The molecule has 0 N–H and O–H groups in total. The van der Waals surface area contributed by atoms with Crippen molar-refractivity contribution >= 4 is 50.7 Å². The van der Waals surface area contributed by atoms with Crippen LogP contribution in [0.3, 0.4) is 0 Å². The maximum atomic E-state index is 6.26. The van der Waals surface area contributed by atoms with Gasteiger partial charge >= 0.3 is 0 Å². The Balaban J connectivity index is 2.41. The number of rotatable bonds is 3. The molecule has 5 heteroatoms. The second-order valence-corrected chi connectivity index (χ2v) is 6.08. The Labute approximate surface area is 135 Å². The summed E-state index contributed by atoms with van der Waals surface area (Å²) in [6, 6.07) is 10.9. The molecule has 0 heterocycles. The summed E-state index contributed by atoms with van der Waals surface area (Å²) in [5, 5.41) is 1.82. The van der Waals surface area contributed by atoms with E-state index in [1.165, 1.54) is 0 Å². The van der Waals surface area contributed by atoms with Gasteiger partial charge in [0.1, 0.15) is 5.75 Å². The van der Waals surface area contributed by atoms with Crippen molar-refractivity contribution in [3.05, 3.63) is 62.6 Å². The van der Waals surface area contributed by atoms with Gasteiger partial charge in [-0.05, 0) is 35.4 Å². The molecule has 0 spiro atoms. The van der Waals surface area contributed by atoms with Crippen molar-refractivity contribution in [1.29, 1.82) is 0 Å².